The molecule has 0 bridgehead atoms. The van der Waals surface area contributed by atoms with Crippen LogP contribution in [0.5, 0.6) is 0 Å². The molecule has 4 rings (SSSR count). The minimum absolute atomic E-state index is 0.203. The Morgan fingerprint density at radius 2 is 1.83 bits per heavy atom. The van der Waals surface area contributed by atoms with E-state index in [1.807, 2.05) is 0 Å². The fraction of sp³-hybridized carbons (Fsp3) is 0.263. The largest absolute Gasteiger partial charge is 0.384 e. The van der Waals surface area contributed by atoms with Crippen LogP contribution in [0.3, 0.4) is 0 Å². The lowest BCUT2D eigenvalue weighted by atomic mass is 10.1. The third-order valence-electron chi connectivity index (χ3n) is 4.90. The van der Waals surface area contributed by atoms with Crippen LogP contribution < -0.4 is 16.4 Å². The molecule has 2 amide bonds. The summed E-state index contributed by atoms with van der Waals surface area (Å²) >= 11 is 0. The van der Waals surface area contributed by atoms with Crippen LogP contribution >= 0.6 is 0 Å². The van der Waals surface area contributed by atoms with Gasteiger partial charge in [0.1, 0.15) is 16.3 Å². The van der Waals surface area contributed by atoms with Crippen LogP contribution in [0.1, 0.15) is 24.3 Å². The van der Waals surface area contributed by atoms with Crippen molar-refractivity contribution in [3.8, 4) is 11.4 Å². The van der Waals surface area contributed by atoms with Crippen LogP contribution in [0.15, 0.2) is 40.9 Å². The van der Waals surface area contributed by atoms with Crippen LogP contribution in [-0.4, -0.2) is 35.8 Å². The molecule has 1 aliphatic rings. The van der Waals surface area contributed by atoms with Crippen molar-refractivity contribution in [2.24, 2.45) is 0 Å². The number of amides is 2. The molecule has 0 atom stereocenters. The van der Waals surface area contributed by atoms with Crippen molar-refractivity contribution in [1.29, 1.82) is 0 Å². The molecule has 0 saturated heterocycles. The molecule has 3 aromatic rings. The van der Waals surface area contributed by atoms with Gasteiger partial charge in [-0.1, -0.05) is 5.16 Å². The molecule has 11 heteroatoms. The normalized spacial score (nSPS) is 14.9. The highest BCUT2D eigenvalue weighted by atomic mass is 32.2. The van der Waals surface area contributed by atoms with Gasteiger partial charge >= 0.3 is 6.03 Å². The minimum Gasteiger partial charge on any atom is -0.384 e. The quantitative estimate of drug-likeness (QED) is 0.560. The lowest BCUT2D eigenvalue weighted by molar-refractivity contribution is 0.262. The number of hydrogen-bond donors (Lipinski definition) is 3. The van der Waals surface area contributed by atoms with Crippen LogP contribution in [0, 0.1) is 6.92 Å². The number of aromatic nitrogens is 3. The first-order chi connectivity index (χ1) is 14.2. The zero-order chi connectivity index (χ0) is 21.5. The van der Waals surface area contributed by atoms with Crippen molar-refractivity contribution in [1.82, 2.24) is 15.1 Å². The Morgan fingerprint density at radius 1 is 1.13 bits per heavy atom. The van der Waals surface area contributed by atoms with Crippen molar-refractivity contribution < 1.29 is 17.7 Å². The number of rotatable bonds is 5. The number of nitrogens with one attached hydrogen (secondary N) is 2. The lowest BCUT2D eigenvalue weighted by Crippen LogP contribution is -2.21. The molecule has 156 valence electrons. The zero-order valence-corrected chi connectivity index (χ0v) is 17.2. The third-order valence-corrected chi connectivity index (χ3v) is 6.93. The predicted octanol–water partition coefficient (Wildman–Crippen LogP) is 2.70. The van der Waals surface area contributed by atoms with E-state index in [9.17, 15) is 13.2 Å². The summed E-state index contributed by atoms with van der Waals surface area (Å²) in [4.78, 5) is 20.7. The van der Waals surface area contributed by atoms with Gasteiger partial charge < -0.3 is 15.6 Å². The summed E-state index contributed by atoms with van der Waals surface area (Å²) in [5.74, 6) is 1.42. The van der Waals surface area contributed by atoms with E-state index in [1.54, 1.807) is 37.3 Å². The topological polar surface area (TPSA) is 153 Å². The van der Waals surface area contributed by atoms with Crippen molar-refractivity contribution in [2.75, 3.05) is 22.6 Å². The molecule has 10 nitrogen and oxygen atoms in total. The number of aryl methyl sites for hydroxylation is 1. The first-order valence-corrected chi connectivity index (χ1v) is 11.0. The van der Waals surface area contributed by atoms with E-state index in [0.29, 0.717) is 47.2 Å². The van der Waals surface area contributed by atoms with Crippen LogP contribution in [0.4, 0.5) is 22.1 Å². The van der Waals surface area contributed by atoms with Gasteiger partial charge in [-0.2, -0.15) is 0 Å². The molecular formula is C19H20N6O4S. The maximum absolute atomic E-state index is 12.2. The third kappa shape index (κ3) is 3.83. The van der Waals surface area contributed by atoms with Crippen molar-refractivity contribution in [3.05, 3.63) is 47.9 Å². The number of carbonyl (C=O) groups excluding carboxylic acids is 1. The number of nitrogens with zero attached hydrogens (tertiary/aromatic N) is 3. The highest BCUT2D eigenvalue weighted by Gasteiger charge is 2.55. The second kappa shape index (κ2) is 7.10. The molecule has 0 radical (unpaired) electrons. The van der Waals surface area contributed by atoms with Crippen molar-refractivity contribution in [3.63, 3.8) is 0 Å². The summed E-state index contributed by atoms with van der Waals surface area (Å²) in [5.41, 5.74) is 7.51. The minimum atomic E-state index is -3.32. The van der Waals surface area contributed by atoms with Crippen LogP contribution in [-0.2, 0) is 14.6 Å². The Bertz CT molecular complexity index is 1220. The summed E-state index contributed by atoms with van der Waals surface area (Å²) in [6.45, 7) is 1.72. The van der Waals surface area contributed by atoms with Crippen LogP contribution in [0.2, 0.25) is 0 Å². The van der Waals surface area contributed by atoms with Gasteiger partial charge in [-0.05, 0) is 44.0 Å². The van der Waals surface area contributed by atoms with Gasteiger partial charge in [0, 0.05) is 29.6 Å². The average molecular weight is 428 g/mol. The number of hydrogen-bond acceptors (Lipinski definition) is 8. The fourth-order valence-electron chi connectivity index (χ4n) is 3.17. The molecule has 0 spiro atoms. The van der Waals surface area contributed by atoms with Gasteiger partial charge in [0.05, 0.1) is 5.69 Å². The van der Waals surface area contributed by atoms with E-state index >= 15 is 0 Å². The summed E-state index contributed by atoms with van der Waals surface area (Å²) in [6, 6.07) is 9.44. The summed E-state index contributed by atoms with van der Waals surface area (Å²) < 4.78 is 28.3. The van der Waals surface area contributed by atoms with E-state index in [2.05, 4.69) is 25.8 Å². The van der Waals surface area contributed by atoms with E-state index in [-0.39, 0.29) is 5.82 Å². The highest BCUT2D eigenvalue weighted by Crippen LogP contribution is 2.52. The second-order valence-corrected chi connectivity index (χ2v) is 9.57. The van der Waals surface area contributed by atoms with Gasteiger partial charge in [-0.15, -0.1) is 0 Å². The number of nitrogen functional groups attached to an aromatic ring is 1. The van der Waals surface area contributed by atoms with E-state index in [0.717, 1.165) is 0 Å². The molecule has 0 aliphatic heterocycles. The fourth-order valence-corrected chi connectivity index (χ4v) is 4.49. The lowest BCUT2D eigenvalue weighted by Gasteiger charge is -2.14. The second-order valence-electron chi connectivity index (χ2n) is 7.25. The Kier molecular flexibility index (Phi) is 4.69. The molecule has 2 aromatic heterocycles. The van der Waals surface area contributed by atoms with Gasteiger partial charge in [0.2, 0.25) is 0 Å². The summed E-state index contributed by atoms with van der Waals surface area (Å²) in [6.07, 6.45) is 2.25. The zero-order valence-electron chi connectivity index (χ0n) is 16.3. The molecular weight excluding hydrogens is 408 g/mol. The van der Waals surface area contributed by atoms with Gasteiger partial charge in [-0.3, -0.25) is 5.32 Å². The van der Waals surface area contributed by atoms with Gasteiger partial charge in [-0.25, -0.2) is 23.2 Å². The van der Waals surface area contributed by atoms with Crippen LogP contribution in [0.25, 0.3) is 11.4 Å². The summed E-state index contributed by atoms with van der Waals surface area (Å²) in [5, 5.41) is 8.93. The smallest absolute Gasteiger partial charge is 0.324 e. The van der Waals surface area contributed by atoms with Crippen molar-refractivity contribution in [2.45, 2.75) is 24.5 Å². The SMILES string of the molecule is Cc1cc(NC(=O)Nc2ccc(-c3nc(N)cc(C4(S(C)(=O)=O)CC4)n3)cc2)no1. The maximum Gasteiger partial charge on any atom is 0.324 e. The Balaban J connectivity index is 1.52. The highest BCUT2D eigenvalue weighted by molar-refractivity contribution is 7.91. The van der Waals surface area contributed by atoms with Gasteiger partial charge in [0.25, 0.3) is 0 Å². The number of anilines is 3. The molecule has 0 unspecified atom stereocenters. The van der Waals surface area contributed by atoms with Gasteiger partial charge in [0.15, 0.2) is 21.5 Å². The summed E-state index contributed by atoms with van der Waals surface area (Å²) in [7, 11) is -3.32. The molecule has 2 heterocycles. The average Bonchev–Trinajstić information content (AvgIpc) is 3.40. The number of sulfone groups is 1. The van der Waals surface area contributed by atoms with E-state index in [1.165, 1.54) is 12.3 Å². The molecule has 1 aromatic carbocycles. The molecule has 1 fully saturated rings. The molecule has 4 N–H and O–H groups in total. The molecule has 1 saturated carbocycles. The Morgan fingerprint density at radius 3 is 2.40 bits per heavy atom. The molecule has 1 aliphatic carbocycles. The standard InChI is InChI=1S/C19H20N6O4S/c1-11-9-16(25-29-11)24-18(26)21-13-5-3-12(4-6-13)17-22-14(10-15(20)23-17)19(7-8-19)30(2,27)28/h3-6,9-10H,7-8H2,1-2H3,(H2,20,22,23)(H2,21,24,25,26). The van der Waals surface area contributed by atoms with E-state index in [4.69, 9.17) is 10.3 Å². The first kappa shape index (κ1) is 19.8. The maximum atomic E-state index is 12.2. The predicted molar refractivity (Wildman–Crippen MR) is 112 cm³/mol. The first-order valence-electron chi connectivity index (χ1n) is 9.13. The van der Waals surface area contributed by atoms with E-state index < -0.39 is 20.6 Å². The molecule has 30 heavy (non-hydrogen) atoms. The number of carbonyl (C=O) groups is 1. The monoisotopic (exact) mass is 428 g/mol. The van der Waals surface area contributed by atoms with Crippen molar-refractivity contribution >= 4 is 33.2 Å². The number of benzene rings is 1. The Labute approximate surface area is 172 Å². The Hall–Kier alpha value is -3.47. The number of nitrogens with two attached hydrogens (primary N) is 1. The number of urea groups is 1.